The molecule has 94 valence electrons. The zero-order valence-electron chi connectivity index (χ0n) is 9.88. The molecule has 0 saturated heterocycles. The van der Waals surface area contributed by atoms with Gasteiger partial charge in [-0.1, -0.05) is 12.1 Å². The van der Waals surface area contributed by atoms with Crippen molar-refractivity contribution in [2.45, 2.75) is 0 Å². The first-order chi connectivity index (χ1) is 9.22. The van der Waals surface area contributed by atoms with E-state index in [2.05, 4.69) is 32.6 Å². The van der Waals surface area contributed by atoms with Gasteiger partial charge in [-0.3, -0.25) is 0 Å². The van der Waals surface area contributed by atoms with Crippen LogP contribution in [0.3, 0.4) is 0 Å². The van der Waals surface area contributed by atoms with Crippen LogP contribution < -0.4 is 10.5 Å². The summed E-state index contributed by atoms with van der Waals surface area (Å²) < 4.78 is 6.81. The number of ether oxygens (including phenoxy) is 1. The molecule has 1 aromatic heterocycles. The molecule has 4 nitrogen and oxygen atoms in total. The molecule has 0 aliphatic rings. The first-order valence-electron chi connectivity index (χ1n) is 5.68. The maximum absolute atomic E-state index is 5.86. The second-order valence-electron chi connectivity index (χ2n) is 3.96. The average Bonchev–Trinajstić information content (AvgIpc) is 2.42. The average molecular weight is 363 g/mol. The summed E-state index contributed by atoms with van der Waals surface area (Å²) in [6, 6.07) is 15.2. The summed E-state index contributed by atoms with van der Waals surface area (Å²) in [6.07, 6.45) is 0. The summed E-state index contributed by atoms with van der Waals surface area (Å²) in [5.41, 5.74) is 7.38. The van der Waals surface area contributed by atoms with Crippen LogP contribution in [0.15, 0.2) is 48.5 Å². The number of anilines is 1. The lowest BCUT2D eigenvalue weighted by molar-refractivity contribution is 0.465. The Balaban J connectivity index is 2.00. The molecule has 0 radical (unpaired) electrons. The summed E-state index contributed by atoms with van der Waals surface area (Å²) in [4.78, 5) is 8.66. The number of aromatic nitrogens is 2. The molecule has 0 spiro atoms. The zero-order valence-corrected chi connectivity index (χ0v) is 12.0. The van der Waals surface area contributed by atoms with Crippen molar-refractivity contribution >= 4 is 39.4 Å². The first kappa shape index (κ1) is 12.2. The van der Waals surface area contributed by atoms with Crippen molar-refractivity contribution in [3.05, 3.63) is 52.1 Å². The number of rotatable bonds is 2. The van der Waals surface area contributed by atoms with Crippen molar-refractivity contribution in [1.82, 2.24) is 9.97 Å². The van der Waals surface area contributed by atoms with Crippen LogP contribution in [0.4, 0.5) is 5.82 Å². The standard InChI is InChI=1S/C14H10IN3O/c15-9-5-7-10(8-6-9)19-14-13(16)17-11-3-1-2-4-12(11)18-14/h1-8H,(H2,16,17). The fraction of sp³-hybridized carbons (Fsp3) is 0. The number of nitrogens with two attached hydrogens (primary N) is 1. The monoisotopic (exact) mass is 363 g/mol. The molecule has 2 N–H and O–H groups in total. The van der Waals surface area contributed by atoms with E-state index < -0.39 is 0 Å². The Morgan fingerprint density at radius 2 is 1.53 bits per heavy atom. The minimum Gasteiger partial charge on any atom is -0.436 e. The summed E-state index contributed by atoms with van der Waals surface area (Å²) in [6.45, 7) is 0. The molecule has 0 fully saturated rings. The van der Waals surface area contributed by atoms with E-state index in [1.807, 2.05) is 48.5 Å². The van der Waals surface area contributed by atoms with E-state index in [0.29, 0.717) is 11.6 Å². The van der Waals surface area contributed by atoms with E-state index >= 15 is 0 Å². The second-order valence-corrected chi connectivity index (χ2v) is 5.20. The predicted octanol–water partition coefficient (Wildman–Crippen LogP) is 3.61. The molecule has 0 atom stereocenters. The van der Waals surface area contributed by atoms with Crippen LogP contribution in [-0.2, 0) is 0 Å². The van der Waals surface area contributed by atoms with E-state index in [4.69, 9.17) is 10.5 Å². The molecule has 19 heavy (non-hydrogen) atoms. The lowest BCUT2D eigenvalue weighted by Gasteiger charge is -2.08. The van der Waals surface area contributed by atoms with Crippen LogP contribution in [-0.4, -0.2) is 9.97 Å². The van der Waals surface area contributed by atoms with Crippen LogP contribution in [0.1, 0.15) is 0 Å². The van der Waals surface area contributed by atoms with Crippen LogP contribution in [0.2, 0.25) is 0 Å². The Morgan fingerprint density at radius 1 is 0.895 bits per heavy atom. The number of para-hydroxylation sites is 2. The number of nitrogens with zero attached hydrogens (tertiary/aromatic N) is 2. The third-order valence-electron chi connectivity index (χ3n) is 2.59. The maximum Gasteiger partial charge on any atom is 0.263 e. The number of fused-ring (bicyclic) bond motifs is 1. The summed E-state index contributed by atoms with van der Waals surface area (Å²) in [5, 5.41) is 0. The molecule has 3 rings (SSSR count). The lowest BCUT2D eigenvalue weighted by atomic mass is 10.3. The van der Waals surface area contributed by atoms with Crippen LogP contribution in [0.5, 0.6) is 11.6 Å². The van der Waals surface area contributed by atoms with Gasteiger partial charge in [-0.05, 0) is 59.0 Å². The topological polar surface area (TPSA) is 61.0 Å². The molecule has 0 saturated carbocycles. The van der Waals surface area contributed by atoms with Gasteiger partial charge < -0.3 is 10.5 Å². The zero-order chi connectivity index (χ0) is 13.2. The lowest BCUT2D eigenvalue weighted by Crippen LogP contribution is -1.99. The van der Waals surface area contributed by atoms with Gasteiger partial charge in [-0.25, -0.2) is 9.97 Å². The second kappa shape index (κ2) is 5.00. The largest absolute Gasteiger partial charge is 0.436 e. The van der Waals surface area contributed by atoms with E-state index in [1.165, 1.54) is 0 Å². The highest BCUT2D eigenvalue weighted by Crippen LogP contribution is 2.26. The normalized spacial score (nSPS) is 10.6. The van der Waals surface area contributed by atoms with Gasteiger partial charge in [0, 0.05) is 3.57 Å². The van der Waals surface area contributed by atoms with Crippen molar-refractivity contribution in [1.29, 1.82) is 0 Å². The number of benzene rings is 2. The molecule has 0 amide bonds. The Bertz CT molecular complexity index is 728. The first-order valence-corrected chi connectivity index (χ1v) is 6.76. The highest BCUT2D eigenvalue weighted by atomic mass is 127. The number of nitrogen functional groups attached to an aromatic ring is 1. The van der Waals surface area contributed by atoms with Gasteiger partial charge in [0.25, 0.3) is 5.88 Å². The molecular weight excluding hydrogens is 353 g/mol. The molecule has 1 heterocycles. The van der Waals surface area contributed by atoms with Crippen molar-refractivity contribution in [3.8, 4) is 11.6 Å². The van der Waals surface area contributed by atoms with Gasteiger partial charge in [0.2, 0.25) is 0 Å². The van der Waals surface area contributed by atoms with Gasteiger partial charge in [0.05, 0.1) is 11.0 Å². The van der Waals surface area contributed by atoms with Gasteiger partial charge in [-0.2, -0.15) is 0 Å². The summed E-state index contributed by atoms with van der Waals surface area (Å²) in [5.74, 6) is 1.31. The Morgan fingerprint density at radius 3 is 2.21 bits per heavy atom. The van der Waals surface area contributed by atoms with E-state index in [0.717, 1.165) is 14.6 Å². The van der Waals surface area contributed by atoms with Crippen molar-refractivity contribution in [3.63, 3.8) is 0 Å². The van der Waals surface area contributed by atoms with Crippen LogP contribution in [0, 0.1) is 3.57 Å². The molecule has 0 aliphatic heterocycles. The summed E-state index contributed by atoms with van der Waals surface area (Å²) in [7, 11) is 0. The molecule has 5 heteroatoms. The van der Waals surface area contributed by atoms with E-state index in [9.17, 15) is 0 Å². The van der Waals surface area contributed by atoms with Crippen LogP contribution >= 0.6 is 22.6 Å². The number of hydrogen-bond acceptors (Lipinski definition) is 4. The third kappa shape index (κ3) is 2.60. The van der Waals surface area contributed by atoms with Crippen molar-refractivity contribution < 1.29 is 4.74 Å². The van der Waals surface area contributed by atoms with E-state index in [1.54, 1.807) is 0 Å². The third-order valence-corrected chi connectivity index (χ3v) is 3.31. The Labute approximate surface area is 123 Å². The predicted molar refractivity (Wildman–Crippen MR) is 83.2 cm³/mol. The highest BCUT2D eigenvalue weighted by Gasteiger charge is 2.07. The number of hydrogen-bond donors (Lipinski definition) is 1. The van der Waals surface area contributed by atoms with E-state index in [-0.39, 0.29) is 5.82 Å². The van der Waals surface area contributed by atoms with Crippen molar-refractivity contribution in [2.75, 3.05) is 5.73 Å². The smallest absolute Gasteiger partial charge is 0.263 e. The molecule has 3 aromatic rings. The van der Waals surface area contributed by atoms with Gasteiger partial charge >= 0.3 is 0 Å². The molecule has 0 unspecified atom stereocenters. The molecule has 2 aromatic carbocycles. The number of halogens is 1. The SMILES string of the molecule is Nc1nc2ccccc2nc1Oc1ccc(I)cc1. The molecule has 0 aliphatic carbocycles. The molecular formula is C14H10IN3O. The minimum atomic E-state index is 0.289. The Hall–Kier alpha value is -1.89. The van der Waals surface area contributed by atoms with Crippen molar-refractivity contribution in [2.24, 2.45) is 0 Å². The van der Waals surface area contributed by atoms with Gasteiger partial charge in [0.1, 0.15) is 5.75 Å². The van der Waals surface area contributed by atoms with Gasteiger partial charge in [-0.15, -0.1) is 0 Å². The fourth-order valence-corrected chi connectivity index (χ4v) is 2.05. The minimum absolute atomic E-state index is 0.289. The quantitative estimate of drug-likeness (QED) is 0.707. The fourth-order valence-electron chi connectivity index (χ4n) is 1.69. The van der Waals surface area contributed by atoms with Gasteiger partial charge in [0.15, 0.2) is 5.82 Å². The van der Waals surface area contributed by atoms with Crippen LogP contribution in [0.25, 0.3) is 11.0 Å². The Kier molecular flexibility index (Phi) is 3.20. The maximum atomic E-state index is 5.86. The summed E-state index contributed by atoms with van der Waals surface area (Å²) >= 11 is 2.24. The molecule has 0 bridgehead atoms. The highest BCUT2D eigenvalue weighted by molar-refractivity contribution is 14.1.